The third kappa shape index (κ3) is 3.33. The summed E-state index contributed by atoms with van der Waals surface area (Å²) in [6.45, 7) is 0. The van der Waals surface area contributed by atoms with Gasteiger partial charge in [-0.1, -0.05) is 18.2 Å². The van der Waals surface area contributed by atoms with E-state index in [0.29, 0.717) is 11.2 Å². The SMILES string of the molecule is CNc1c(/C=C/c2ccc(OC)cc2)nc2cc(C(=O)OC)ccn12. The van der Waals surface area contributed by atoms with E-state index in [4.69, 9.17) is 9.47 Å². The molecule has 3 aromatic rings. The Morgan fingerprint density at radius 3 is 2.56 bits per heavy atom. The van der Waals surface area contributed by atoms with Crippen molar-refractivity contribution in [3.63, 3.8) is 0 Å². The maximum atomic E-state index is 11.7. The van der Waals surface area contributed by atoms with E-state index in [1.165, 1.54) is 7.11 Å². The average molecular weight is 337 g/mol. The van der Waals surface area contributed by atoms with Crippen molar-refractivity contribution in [2.75, 3.05) is 26.6 Å². The summed E-state index contributed by atoms with van der Waals surface area (Å²) in [4.78, 5) is 16.3. The molecular formula is C19H19N3O3. The number of methoxy groups -OCH3 is 2. The van der Waals surface area contributed by atoms with Crippen molar-refractivity contribution >= 4 is 29.6 Å². The number of rotatable bonds is 5. The minimum Gasteiger partial charge on any atom is -0.497 e. The molecule has 0 saturated heterocycles. The number of imidazole rings is 1. The number of nitrogens with one attached hydrogen (secondary N) is 1. The van der Waals surface area contributed by atoms with Crippen LogP contribution in [0.2, 0.25) is 0 Å². The molecule has 128 valence electrons. The normalized spacial score (nSPS) is 11.0. The number of esters is 1. The standard InChI is InChI=1S/C19H19N3O3/c1-20-18-16(9-6-13-4-7-15(24-2)8-5-13)21-17-12-14(19(23)25-3)10-11-22(17)18/h4-12,20H,1-3H3/b9-6+. The number of carbonyl (C=O) groups is 1. The number of nitrogens with zero attached hydrogens (tertiary/aromatic N) is 2. The van der Waals surface area contributed by atoms with Gasteiger partial charge in [0, 0.05) is 13.2 Å². The maximum absolute atomic E-state index is 11.7. The van der Waals surface area contributed by atoms with E-state index in [1.807, 2.05) is 47.9 Å². The molecule has 2 heterocycles. The van der Waals surface area contributed by atoms with Crippen LogP contribution in [0.1, 0.15) is 21.6 Å². The smallest absolute Gasteiger partial charge is 0.338 e. The molecule has 0 fully saturated rings. The lowest BCUT2D eigenvalue weighted by atomic mass is 10.2. The lowest BCUT2D eigenvalue weighted by Gasteiger charge is -2.03. The summed E-state index contributed by atoms with van der Waals surface area (Å²) in [5.41, 5.74) is 2.95. The first-order chi connectivity index (χ1) is 12.2. The van der Waals surface area contributed by atoms with Gasteiger partial charge in [-0.05, 0) is 35.9 Å². The Balaban J connectivity index is 1.96. The van der Waals surface area contributed by atoms with Gasteiger partial charge in [0.2, 0.25) is 0 Å². The Bertz CT molecular complexity index is 927. The molecule has 1 N–H and O–H groups in total. The molecule has 0 aliphatic rings. The third-order valence-corrected chi connectivity index (χ3v) is 3.86. The first kappa shape index (κ1) is 16.6. The molecule has 0 aliphatic carbocycles. The number of anilines is 1. The van der Waals surface area contributed by atoms with E-state index >= 15 is 0 Å². The van der Waals surface area contributed by atoms with Crippen molar-refractivity contribution in [3.8, 4) is 5.75 Å². The molecule has 0 unspecified atom stereocenters. The highest BCUT2D eigenvalue weighted by atomic mass is 16.5. The van der Waals surface area contributed by atoms with Gasteiger partial charge in [0.15, 0.2) is 0 Å². The molecule has 0 amide bonds. The van der Waals surface area contributed by atoms with Gasteiger partial charge < -0.3 is 14.8 Å². The van der Waals surface area contributed by atoms with Crippen molar-refractivity contribution in [3.05, 3.63) is 59.4 Å². The van der Waals surface area contributed by atoms with Crippen LogP contribution in [-0.2, 0) is 4.74 Å². The molecule has 0 radical (unpaired) electrons. The van der Waals surface area contributed by atoms with Gasteiger partial charge >= 0.3 is 5.97 Å². The van der Waals surface area contributed by atoms with Gasteiger partial charge in [-0.3, -0.25) is 4.40 Å². The lowest BCUT2D eigenvalue weighted by Crippen LogP contribution is -2.02. The summed E-state index contributed by atoms with van der Waals surface area (Å²) in [7, 11) is 4.84. The number of benzene rings is 1. The topological polar surface area (TPSA) is 64.9 Å². The zero-order chi connectivity index (χ0) is 17.8. The molecular weight excluding hydrogens is 318 g/mol. The Labute approximate surface area is 145 Å². The van der Waals surface area contributed by atoms with Crippen LogP contribution in [0, 0.1) is 0 Å². The van der Waals surface area contributed by atoms with Crippen molar-refractivity contribution in [1.29, 1.82) is 0 Å². The highest BCUT2D eigenvalue weighted by molar-refractivity contribution is 5.90. The minimum absolute atomic E-state index is 0.383. The number of pyridine rings is 1. The van der Waals surface area contributed by atoms with Gasteiger partial charge in [-0.2, -0.15) is 0 Å². The molecule has 6 heteroatoms. The molecule has 0 saturated carbocycles. The number of hydrogen-bond acceptors (Lipinski definition) is 5. The van der Waals surface area contributed by atoms with E-state index in [1.54, 1.807) is 25.4 Å². The van der Waals surface area contributed by atoms with Gasteiger partial charge in [0.1, 0.15) is 22.9 Å². The summed E-state index contributed by atoms with van der Waals surface area (Å²) in [6.07, 6.45) is 5.70. The third-order valence-electron chi connectivity index (χ3n) is 3.86. The largest absolute Gasteiger partial charge is 0.497 e. The number of ether oxygens (including phenoxy) is 2. The second-order valence-corrected chi connectivity index (χ2v) is 5.34. The van der Waals surface area contributed by atoms with Gasteiger partial charge in [-0.25, -0.2) is 9.78 Å². The Morgan fingerprint density at radius 1 is 1.16 bits per heavy atom. The van der Waals surface area contributed by atoms with Crippen LogP contribution in [0.15, 0.2) is 42.6 Å². The zero-order valence-corrected chi connectivity index (χ0v) is 14.3. The van der Waals surface area contributed by atoms with Crippen LogP contribution < -0.4 is 10.1 Å². The summed E-state index contributed by atoms with van der Waals surface area (Å²) in [5, 5.41) is 3.15. The molecule has 0 bridgehead atoms. The highest BCUT2D eigenvalue weighted by Gasteiger charge is 2.12. The molecule has 0 aliphatic heterocycles. The Morgan fingerprint density at radius 2 is 1.92 bits per heavy atom. The van der Waals surface area contributed by atoms with E-state index in [9.17, 15) is 4.79 Å². The summed E-state index contributed by atoms with van der Waals surface area (Å²) >= 11 is 0. The number of carbonyl (C=O) groups excluding carboxylic acids is 1. The fourth-order valence-electron chi connectivity index (χ4n) is 2.56. The fourth-order valence-corrected chi connectivity index (χ4v) is 2.56. The van der Waals surface area contributed by atoms with E-state index in [-0.39, 0.29) is 5.97 Å². The van der Waals surface area contributed by atoms with E-state index in [2.05, 4.69) is 10.3 Å². The molecule has 6 nitrogen and oxygen atoms in total. The molecule has 3 rings (SSSR count). The Hall–Kier alpha value is -3.28. The average Bonchev–Trinajstić information content (AvgIpc) is 3.02. The predicted octanol–water partition coefficient (Wildman–Crippen LogP) is 3.34. The minimum atomic E-state index is -0.383. The monoisotopic (exact) mass is 337 g/mol. The summed E-state index contributed by atoms with van der Waals surface area (Å²) < 4.78 is 11.8. The van der Waals surface area contributed by atoms with E-state index in [0.717, 1.165) is 22.8 Å². The lowest BCUT2D eigenvalue weighted by molar-refractivity contribution is 0.0600. The van der Waals surface area contributed by atoms with Crippen molar-refractivity contribution < 1.29 is 14.3 Å². The van der Waals surface area contributed by atoms with E-state index < -0.39 is 0 Å². The number of hydrogen-bond donors (Lipinski definition) is 1. The summed E-state index contributed by atoms with van der Waals surface area (Å²) in [5.74, 6) is 1.28. The van der Waals surface area contributed by atoms with Gasteiger partial charge in [0.05, 0.1) is 19.8 Å². The number of aromatic nitrogens is 2. The van der Waals surface area contributed by atoms with Crippen molar-refractivity contribution in [2.45, 2.75) is 0 Å². The second-order valence-electron chi connectivity index (χ2n) is 5.34. The van der Waals surface area contributed by atoms with Crippen molar-refractivity contribution in [1.82, 2.24) is 9.38 Å². The van der Waals surface area contributed by atoms with Crippen LogP contribution in [0.4, 0.5) is 5.82 Å². The van der Waals surface area contributed by atoms with Crippen LogP contribution >= 0.6 is 0 Å². The highest BCUT2D eigenvalue weighted by Crippen LogP contribution is 2.22. The Kier molecular flexibility index (Phi) is 4.70. The van der Waals surface area contributed by atoms with Gasteiger partial charge in [0.25, 0.3) is 0 Å². The first-order valence-electron chi connectivity index (χ1n) is 7.76. The van der Waals surface area contributed by atoms with Crippen molar-refractivity contribution in [2.24, 2.45) is 0 Å². The maximum Gasteiger partial charge on any atom is 0.338 e. The molecule has 2 aromatic heterocycles. The zero-order valence-electron chi connectivity index (χ0n) is 14.3. The molecule has 0 spiro atoms. The van der Waals surface area contributed by atoms with Crippen LogP contribution in [-0.4, -0.2) is 36.6 Å². The van der Waals surface area contributed by atoms with Crippen LogP contribution in [0.3, 0.4) is 0 Å². The summed E-state index contributed by atoms with van der Waals surface area (Å²) in [6, 6.07) is 11.2. The van der Waals surface area contributed by atoms with Crippen LogP contribution in [0.25, 0.3) is 17.8 Å². The predicted molar refractivity (Wildman–Crippen MR) is 98.0 cm³/mol. The number of fused-ring (bicyclic) bond motifs is 1. The molecule has 0 atom stereocenters. The first-order valence-corrected chi connectivity index (χ1v) is 7.76. The fraction of sp³-hybridized carbons (Fsp3) is 0.158. The van der Waals surface area contributed by atoms with Crippen LogP contribution in [0.5, 0.6) is 5.75 Å². The van der Waals surface area contributed by atoms with Gasteiger partial charge in [-0.15, -0.1) is 0 Å². The second kappa shape index (κ2) is 7.09. The quantitative estimate of drug-likeness (QED) is 0.723. The molecule has 1 aromatic carbocycles. The molecule has 25 heavy (non-hydrogen) atoms.